The van der Waals surface area contributed by atoms with E-state index in [2.05, 4.69) is 12.2 Å². The zero-order chi connectivity index (χ0) is 17.2. The van der Waals surface area contributed by atoms with Crippen LogP contribution in [-0.2, 0) is 19.1 Å². The van der Waals surface area contributed by atoms with E-state index in [1.807, 2.05) is 27.7 Å². The molecule has 0 bridgehead atoms. The zero-order valence-corrected chi connectivity index (χ0v) is 15.1. The first kappa shape index (κ1) is 21.1. The van der Waals surface area contributed by atoms with Crippen LogP contribution < -0.4 is 5.32 Å². The first-order valence-electron chi connectivity index (χ1n) is 8.12. The topological polar surface area (TPSA) is 64.6 Å². The molecule has 0 heterocycles. The number of carbonyl (C=O) groups excluding carboxylic acids is 2. The molecule has 0 saturated heterocycles. The van der Waals surface area contributed by atoms with Crippen molar-refractivity contribution < 1.29 is 19.1 Å². The molecule has 5 nitrogen and oxygen atoms in total. The van der Waals surface area contributed by atoms with E-state index in [4.69, 9.17) is 9.47 Å². The average Bonchev–Trinajstić information content (AvgIpc) is 2.41. The van der Waals surface area contributed by atoms with Crippen molar-refractivity contribution in [3.05, 3.63) is 0 Å². The molecule has 0 radical (unpaired) electrons. The fraction of sp³-hybridized carbons (Fsp3) is 0.882. The maximum Gasteiger partial charge on any atom is 0.220 e. The fourth-order valence-corrected chi connectivity index (χ4v) is 1.74. The lowest BCUT2D eigenvalue weighted by molar-refractivity contribution is -0.127. The van der Waals surface area contributed by atoms with E-state index in [9.17, 15) is 9.59 Å². The van der Waals surface area contributed by atoms with Crippen molar-refractivity contribution >= 4 is 11.7 Å². The minimum atomic E-state index is -0.333. The van der Waals surface area contributed by atoms with Gasteiger partial charge in [0.25, 0.3) is 0 Å². The Morgan fingerprint density at radius 1 is 1.00 bits per heavy atom. The Morgan fingerprint density at radius 3 is 2.18 bits per heavy atom. The van der Waals surface area contributed by atoms with E-state index in [1.54, 1.807) is 0 Å². The van der Waals surface area contributed by atoms with Gasteiger partial charge in [-0.2, -0.15) is 0 Å². The number of ketones is 1. The summed E-state index contributed by atoms with van der Waals surface area (Å²) in [4.78, 5) is 22.4. The molecular formula is C17H33NO4. The lowest BCUT2D eigenvalue weighted by atomic mass is 10.0. The molecule has 0 aliphatic rings. The molecule has 0 aromatic carbocycles. The Kier molecular flexibility index (Phi) is 9.53. The second-order valence-electron chi connectivity index (χ2n) is 6.96. The van der Waals surface area contributed by atoms with Gasteiger partial charge in [-0.15, -0.1) is 0 Å². The molecule has 22 heavy (non-hydrogen) atoms. The van der Waals surface area contributed by atoms with Crippen LogP contribution in [0.15, 0.2) is 0 Å². The molecule has 0 fully saturated rings. The number of rotatable bonds is 12. The van der Waals surface area contributed by atoms with E-state index in [1.165, 1.54) is 6.92 Å². The van der Waals surface area contributed by atoms with Crippen LogP contribution in [0.25, 0.3) is 0 Å². The summed E-state index contributed by atoms with van der Waals surface area (Å²) in [6.07, 6.45) is 2.25. The molecule has 1 amide bonds. The average molecular weight is 315 g/mol. The molecule has 0 spiro atoms. The largest absolute Gasteiger partial charge is 0.373 e. The van der Waals surface area contributed by atoms with Crippen LogP contribution in [0.3, 0.4) is 0 Å². The second-order valence-corrected chi connectivity index (χ2v) is 6.96. The second kappa shape index (κ2) is 9.95. The standard InChI is InChI=1S/C17H33NO4/c1-7-12-21-17(5,6)13-22-16(3,4)10-11-18-15(20)9-8-14(2)19/h7-13H2,1-6H3,(H,18,20). The molecule has 0 unspecified atom stereocenters. The summed E-state index contributed by atoms with van der Waals surface area (Å²) in [6.45, 7) is 13.4. The minimum Gasteiger partial charge on any atom is -0.373 e. The summed E-state index contributed by atoms with van der Waals surface area (Å²) >= 11 is 0. The van der Waals surface area contributed by atoms with Gasteiger partial charge in [0.15, 0.2) is 0 Å². The Hall–Kier alpha value is -0.940. The van der Waals surface area contributed by atoms with E-state index in [0.717, 1.165) is 13.0 Å². The molecule has 0 atom stereocenters. The normalized spacial score (nSPS) is 12.3. The Bertz CT molecular complexity index is 351. The molecule has 0 aliphatic heterocycles. The molecule has 0 aliphatic carbocycles. The third-order valence-electron chi connectivity index (χ3n) is 3.26. The maximum atomic E-state index is 11.5. The first-order chi connectivity index (χ1) is 10.1. The van der Waals surface area contributed by atoms with Crippen molar-refractivity contribution in [3.8, 4) is 0 Å². The summed E-state index contributed by atoms with van der Waals surface area (Å²) in [7, 11) is 0. The molecule has 1 N–H and O–H groups in total. The molecule has 0 aromatic rings. The highest BCUT2D eigenvalue weighted by molar-refractivity contribution is 5.83. The summed E-state index contributed by atoms with van der Waals surface area (Å²) in [5.74, 6) is -0.0502. The highest BCUT2D eigenvalue weighted by Gasteiger charge is 2.25. The highest BCUT2D eigenvalue weighted by Crippen LogP contribution is 2.19. The monoisotopic (exact) mass is 315 g/mol. The van der Waals surface area contributed by atoms with Crippen LogP contribution >= 0.6 is 0 Å². The molecule has 0 aromatic heterocycles. The molecule has 0 rings (SSSR count). The zero-order valence-electron chi connectivity index (χ0n) is 15.1. The molecular weight excluding hydrogens is 282 g/mol. The van der Waals surface area contributed by atoms with Crippen LogP contribution in [0.2, 0.25) is 0 Å². The summed E-state index contributed by atoms with van der Waals surface area (Å²) in [6, 6.07) is 0. The van der Waals surface area contributed by atoms with Gasteiger partial charge in [0.2, 0.25) is 5.91 Å². The predicted octanol–water partition coefficient (Wildman–Crippen LogP) is 2.86. The molecule has 130 valence electrons. The van der Waals surface area contributed by atoms with E-state index < -0.39 is 0 Å². The van der Waals surface area contributed by atoms with Gasteiger partial charge >= 0.3 is 0 Å². The van der Waals surface area contributed by atoms with E-state index in [0.29, 0.717) is 26.0 Å². The lowest BCUT2D eigenvalue weighted by Crippen LogP contribution is -2.39. The SMILES string of the molecule is CCCOC(C)(C)COC(C)(C)CCNC(=O)CCC(C)=O. The fourth-order valence-electron chi connectivity index (χ4n) is 1.74. The van der Waals surface area contributed by atoms with E-state index >= 15 is 0 Å². The van der Waals surface area contributed by atoms with Crippen LogP contribution in [0.5, 0.6) is 0 Å². The van der Waals surface area contributed by atoms with Crippen molar-refractivity contribution in [2.24, 2.45) is 0 Å². The summed E-state index contributed by atoms with van der Waals surface area (Å²) in [5.41, 5.74) is -0.640. The van der Waals surface area contributed by atoms with Crippen LogP contribution in [0.1, 0.15) is 67.2 Å². The molecule has 5 heteroatoms. The van der Waals surface area contributed by atoms with Gasteiger partial charge in [0, 0.05) is 26.0 Å². The van der Waals surface area contributed by atoms with Gasteiger partial charge in [-0.25, -0.2) is 0 Å². The number of hydrogen-bond donors (Lipinski definition) is 1. The Balaban J connectivity index is 3.99. The van der Waals surface area contributed by atoms with Crippen molar-refractivity contribution in [3.63, 3.8) is 0 Å². The van der Waals surface area contributed by atoms with Crippen molar-refractivity contribution in [2.45, 2.75) is 78.4 Å². The maximum absolute atomic E-state index is 11.5. The van der Waals surface area contributed by atoms with Gasteiger partial charge < -0.3 is 19.6 Å². The van der Waals surface area contributed by atoms with Gasteiger partial charge in [-0.05, 0) is 47.5 Å². The Labute approximate surface area is 135 Å². The number of hydrogen-bond acceptors (Lipinski definition) is 4. The molecule has 0 saturated carbocycles. The lowest BCUT2D eigenvalue weighted by Gasteiger charge is -2.32. The number of amides is 1. The van der Waals surface area contributed by atoms with Crippen molar-refractivity contribution in [1.82, 2.24) is 5.32 Å². The van der Waals surface area contributed by atoms with Gasteiger partial charge in [0.1, 0.15) is 5.78 Å². The number of ether oxygens (including phenoxy) is 2. The third-order valence-corrected chi connectivity index (χ3v) is 3.26. The number of carbonyl (C=O) groups is 2. The predicted molar refractivity (Wildman–Crippen MR) is 87.9 cm³/mol. The van der Waals surface area contributed by atoms with Gasteiger partial charge in [-0.3, -0.25) is 4.79 Å². The van der Waals surface area contributed by atoms with Gasteiger partial charge in [-0.1, -0.05) is 6.92 Å². The summed E-state index contributed by atoms with van der Waals surface area (Å²) < 4.78 is 11.7. The van der Waals surface area contributed by atoms with E-state index in [-0.39, 0.29) is 29.3 Å². The number of nitrogens with one attached hydrogen (secondary N) is 1. The Morgan fingerprint density at radius 2 is 1.64 bits per heavy atom. The minimum absolute atomic E-state index is 0.0353. The van der Waals surface area contributed by atoms with Crippen molar-refractivity contribution in [2.75, 3.05) is 19.8 Å². The highest BCUT2D eigenvalue weighted by atomic mass is 16.6. The van der Waals surface area contributed by atoms with Crippen molar-refractivity contribution in [1.29, 1.82) is 0 Å². The smallest absolute Gasteiger partial charge is 0.220 e. The van der Waals surface area contributed by atoms with Gasteiger partial charge in [0.05, 0.1) is 17.8 Å². The summed E-state index contributed by atoms with van der Waals surface area (Å²) in [5, 5.41) is 2.82. The quantitative estimate of drug-likeness (QED) is 0.601. The van der Waals surface area contributed by atoms with Crippen LogP contribution in [0.4, 0.5) is 0 Å². The van der Waals surface area contributed by atoms with Crippen LogP contribution in [-0.4, -0.2) is 42.7 Å². The number of Topliss-reactive ketones (excluding diaryl/α,β-unsaturated/α-hetero) is 1. The van der Waals surface area contributed by atoms with Crippen LogP contribution in [0, 0.1) is 0 Å². The third kappa shape index (κ3) is 11.7. The first-order valence-corrected chi connectivity index (χ1v) is 8.12.